The molecule has 0 aliphatic rings. The Labute approximate surface area is 137 Å². The zero-order valence-corrected chi connectivity index (χ0v) is 13.9. The maximum Gasteiger partial charge on any atom is 0.161 e. The van der Waals surface area contributed by atoms with E-state index >= 15 is 0 Å². The van der Waals surface area contributed by atoms with Gasteiger partial charge in [0.2, 0.25) is 0 Å². The minimum absolute atomic E-state index is 0.497. The van der Waals surface area contributed by atoms with Gasteiger partial charge in [0, 0.05) is 0 Å². The third-order valence-electron chi connectivity index (χ3n) is 3.69. The van der Waals surface area contributed by atoms with Crippen LogP contribution in [0.1, 0.15) is 30.0 Å². The van der Waals surface area contributed by atoms with E-state index in [0.29, 0.717) is 24.5 Å². The molecule has 0 fully saturated rings. The van der Waals surface area contributed by atoms with Crippen molar-refractivity contribution in [1.82, 2.24) is 0 Å². The summed E-state index contributed by atoms with van der Waals surface area (Å²) in [6.07, 6.45) is 1.50. The van der Waals surface area contributed by atoms with Crippen molar-refractivity contribution in [1.29, 1.82) is 0 Å². The third-order valence-corrected chi connectivity index (χ3v) is 3.69. The van der Waals surface area contributed by atoms with E-state index in [4.69, 9.17) is 14.7 Å². The molecule has 0 aliphatic heterocycles. The summed E-state index contributed by atoms with van der Waals surface area (Å²) in [6.45, 7) is 4.37. The second-order valence-corrected chi connectivity index (χ2v) is 5.59. The molecular weight excluding hydrogens is 290 g/mol. The van der Waals surface area contributed by atoms with Gasteiger partial charge in [-0.3, -0.25) is 0 Å². The molecule has 1 N–H and O–H groups in total. The first kappa shape index (κ1) is 16.9. The molecule has 0 saturated heterocycles. The fraction of sp³-hybridized carbons (Fsp3) is 0.316. The van der Waals surface area contributed by atoms with Gasteiger partial charge in [-0.15, -0.1) is 0 Å². The first-order chi connectivity index (χ1) is 11.1. The van der Waals surface area contributed by atoms with Crippen LogP contribution in [-0.2, 0) is 13.0 Å². The zero-order valence-electron chi connectivity index (χ0n) is 13.9. The van der Waals surface area contributed by atoms with Crippen LogP contribution in [0.15, 0.2) is 47.6 Å². The summed E-state index contributed by atoms with van der Waals surface area (Å²) < 4.78 is 11.3. The lowest BCUT2D eigenvalue weighted by molar-refractivity contribution is 0.284. The van der Waals surface area contributed by atoms with E-state index in [1.807, 2.05) is 18.2 Å². The first-order valence-corrected chi connectivity index (χ1v) is 7.65. The summed E-state index contributed by atoms with van der Waals surface area (Å²) >= 11 is 0. The van der Waals surface area contributed by atoms with Crippen molar-refractivity contribution >= 4 is 5.71 Å². The van der Waals surface area contributed by atoms with E-state index < -0.39 is 0 Å². The fourth-order valence-electron chi connectivity index (χ4n) is 2.21. The Balaban J connectivity index is 2.07. The molecule has 0 aromatic heterocycles. The molecule has 0 atom stereocenters. The van der Waals surface area contributed by atoms with Crippen molar-refractivity contribution in [2.24, 2.45) is 5.16 Å². The van der Waals surface area contributed by atoms with Crippen LogP contribution in [0.25, 0.3) is 0 Å². The van der Waals surface area contributed by atoms with Gasteiger partial charge in [0.15, 0.2) is 11.5 Å². The lowest BCUT2D eigenvalue weighted by Gasteiger charge is -2.12. The van der Waals surface area contributed by atoms with Crippen molar-refractivity contribution in [3.05, 3.63) is 59.2 Å². The van der Waals surface area contributed by atoms with Gasteiger partial charge in [-0.25, -0.2) is 0 Å². The maximum atomic E-state index is 8.72. The average Bonchev–Trinajstić information content (AvgIpc) is 2.59. The summed E-state index contributed by atoms with van der Waals surface area (Å²) in [4.78, 5) is 0. The molecular formula is C19H23NO3. The second-order valence-electron chi connectivity index (χ2n) is 5.59. The Bertz CT molecular complexity index is 663. The molecule has 0 amide bonds. The van der Waals surface area contributed by atoms with Gasteiger partial charge in [-0.05, 0) is 49.9 Å². The largest absolute Gasteiger partial charge is 0.493 e. The third kappa shape index (κ3) is 5.02. The van der Waals surface area contributed by atoms with Crippen LogP contribution in [-0.4, -0.2) is 18.0 Å². The molecule has 0 unspecified atom stereocenters. The summed E-state index contributed by atoms with van der Waals surface area (Å²) in [6, 6.07) is 14.2. The van der Waals surface area contributed by atoms with Crippen LogP contribution in [0.2, 0.25) is 0 Å². The molecule has 4 heteroatoms. The Morgan fingerprint density at radius 1 is 1.04 bits per heavy atom. The Hall–Kier alpha value is -2.49. The van der Waals surface area contributed by atoms with Gasteiger partial charge < -0.3 is 14.7 Å². The first-order valence-electron chi connectivity index (χ1n) is 7.65. The van der Waals surface area contributed by atoms with Gasteiger partial charge in [0.05, 0.1) is 12.8 Å². The van der Waals surface area contributed by atoms with Crippen molar-refractivity contribution < 1.29 is 14.7 Å². The van der Waals surface area contributed by atoms with E-state index in [1.165, 1.54) is 5.56 Å². The molecule has 0 heterocycles. The van der Waals surface area contributed by atoms with E-state index in [-0.39, 0.29) is 0 Å². The number of ether oxygens (including phenoxy) is 2. The van der Waals surface area contributed by atoms with E-state index in [2.05, 4.69) is 36.3 Å². The number of nitrogens with zero attached hydrogens (tertiary/aromatic N) is 1. The Kier molecular flexibility index (Phi) is 6.03. The van der Waals surface area contributed by atoms with Gasteiger partial charge in [-0.2, -0.15) is 0 Å². The van der Waals surface area contributed by atoms with E-state index in [1.54, 1.807) is 14.0 Å². The maximum absolute atomic E-state index is 8.72. The Morgan fingerprint density at radius 3 is 2.39 bits per heavy atom. The Morgan fingerprint density at radius 2 is 1.74 bits per heavy atom. The minimum Gasteiger partial charge on any atom is -0.493 e. The molecule has 2 aromatic carbocycles. The highest BCUT2D eigenvalue weighted by molar-refractivity contribution is 5.81. The van der Waals surface area contributed by atoms with Crippen molar-refractivity contribution in [3.8, 4) is 11.5 Å². The summed E-state index contributed by atoms with van der Waals surface area (Å²) in [7, 11) is 1.64. The van der Waals surface area contributed by atoms with Crippen LogP contribution in [0.3, 0.4) is 0 Å². The predicted octanol–water partition coefficient (Wildman–Crippen LogP) is 4.37. The number of hydrogen-bond acceptors (Lipinski definition) is 4. The monoisotopic (exact) mass is 313 g/mol. The molecule has 2 rings (SSSR count). The SMILES string of the molecule is COc1ccc(CC/C(C)=N/O)cc1OCc1ccc(C)cc1. The van der Waals surface area contributed by atoms with E-state index in [0.717, 1.165) is 23.3 Å². The molecule has 0 radical (unpaired) electrons. The van der Waals surface area contributed by atoms with Crippen LogP contribution in [0.5, 0.6) is 11.5 Å². The summed E-state index contributed by atoms with van der Waals surface area (Å²) in [5.74, 6) is 1.44. The standard InChI is InChI=1S/C19H23NO3/c1-14-4-7-17(8-5-14)13-23-19-12-16(9-6-15(2)20-21)10-11-18(19)22-3/h4-5,7-8,10-12,21H,6,9,13H2,1-3H3/b20-15+. The van der Waals surface area contributed by atoms with Gasteiger partial charge >= 0.3 is 0 Å². The molecule has 0 spiro atoms. The fourth-order valence-corrected chi connectivity index (χ4v) is 2.21. The zero-order chi connectivity index (χ0) is 16.7. The number of aryl methyl sites for hydroxylation is 2. The predicted molar refractivity (Wildman–Crippen MR) is 91.7 cm³/mol. The van der Waals surface area contributed by atoms with Crippen LogP contribution >= 0.6 is 0 Å². The number of oxime groups is 1. The highest BCUT2D eigenvalue weighted by Crippen LogP contribution is 2.29. The highest BCUT2D eigenvalue weighted by Gasteiger charge is 2.07. The molecule has 4 nitrogen and oxygen atoms in total. The van der Waals surface area contributed by atoms with Crippen LogP contribution in [0.4, 0.5) is 0 Å². The van der Waals surface area contributed by atoms with Crippen molar-refractivity contribution in [3.63, 3.8) is 0 Å². The van der Waals surface area contributed by atoms with Crippen LogP contribution < -0.4 is 9.47 Å². The van der Waals surface area contributed by atoms with Crippen molar-refractivity contribution in [2.75, 3.05) is 7.11 Å². The smallest absolute Gasteiger partial charge is 0.161 e. The molecule has 23 heavy (non-hydrogen) atoms. The molecule has 0 aliphatic carbocycles. The van der Waals surface area contributed by atoms with Gasteiger partial charge in [-0.1, -0.05) is 41.1 Å². The quantitative estimate of drug-likeness (QED) is 0.469. The van der Waals surface area contributed by atoms with Gasteiger partial charge in [0.25, 0.3) is 0 Å². The topological polar surface area (TPSA) is 51.0 Å². The number of rotatable bonds is 7. The molecule has 0 bridgehead atoms. The molecule has 0 saturated carbocycles. The number of methoxy groups -OCH3 is 1. The second kappa shape index (κ2) is 8.22. The summed E-state index contributed by atoms with van der Waals surface area (Å²) in [5.41, 5.74) is 4.18. The highest BCUT2D eigenvalue weighted by atomic mass is 16.5. The van der Waals surface area contributed by atoms with Crippen molar-refractivity contribution in [2.45, 2.75) is 33.3 Å². The molecule has 2 aromatic rings. The molecule has 122 valence electrons. The van der Waals surface area contributed by atoms with E-state index in [9.17, 15) is 0 Å². The lowest BCUT2D eigenvalue weighted by atomic mass is 10.1. The van der Waals surface area contributed by atoms with Crippen LogP contribution in [0, 0.1) is 6.92 Å². The lowest BCUT2D eigenvalue weighted by Crippen LogP contribution is -2.00. The average molecular weight is 313 g/mol. The normalized spacial score (nSPS) is 11.3. The number of benzene rings is 2. The minimum atomic E-state index is 0.497. The summed E-state index contributed by atoms with van der Waals surface area (Å²) in [5, 5.41) is 11.9. The number of hydrogen-bond donors (Lipinski definition) is 1. The van der Waals surface area contributed by atoms with Gasteiger partial charge in [0.1, 0.15) is 6.61 Å².